The minimum absolute atomic E-state index is 0.224. The predicted octanol–water partition coefficient (Wildman–Crippen LogP) is 3.31. The van der Waals surface area contributed by atoms with E-state index in [9.17, 15) is 8.42 Å². The molecular formula is C18H23NO4S. The fourth-order valence-electron chi connectivity index (χ4n) is 2.59. The number of aryl methyl sites for hydroxylation is 1. The monoisotopic (exact) mass is 349 g/mol. The van der Waals surface area contributed by atoms with Gasteiger partial charge in [0.1, 0.15) is 11.5 Å². The lowest BCUT2D eigenvalue weighted by molar-refractivity contribution is 0.405. The molecule has 2 aromatic rings. The van der Waals surface area contributed by atoms with Gasteiger partial charge in [-0.25, -0.2) is 13.1 Å². The summed E-state index contributed by atoms with van der Waals surface area (Å²) in [4.78, 5) is 0.224. The third-order valence-corrected chi connectivity index (χ3v) is 5.42. The molecule has 130 valence electrons. The van der Waals surface area contributed by atoms with Crippen LogP contribution in [0.25, 0.3) is 0 Å². The number of para-hydroxylation sites is 1. The molecule has 0 aromatic heterocycles. The standard InChI is InChI=1S/C18H23NO4S/c1-5-14-12-15(10-11-17(14)22-3)24(20,21)19-13(2)16-8-6-7-9-18(16)23-4/h6-13,19H,5H2,1-4H3/t13-/m1/s1. The van der Waals surface area contributed by atoms with Crippen molar-refractivity contribution in [2.24, 2.45) is 0 Å². The molecule has 0 radical (unpaired) electrons. The molecule has 1 N–H and O–H groups in total. The van der Waals surface area contributed by atoms with E-state index in [1.165, 1.54) is 0 Å². The van der Waals surface area contributed by atoms with Gasteiger partial charge in [0.25, 0.3) is 0 Å². The first-order chi connectivity index (χ1) is 11.4. The SMILES string of the molecule is CCc1cc(S(=O)(=O)N[C@H](C)c2ccccc2OC)ccc1OC. The normalized spacial score (nSPS) is 12.7. The molecule has 24 heavy (non-hydrogen) atoms. The van der Waals surface area contributed by atoms with Crippen LogP contribution in [0.3, 0.4) is 0 Å². The second-order valence-corrected chi connectivity index (χ2v) is 7.13. The molecule has 0 aliphatic rings. The van der Waals surface area contributed by atoms with E-state index in [2.05, 4.69) is 4.72 Å². The fourth-order valence-corrected chi connectivity index (χ4v) is 3.86. The maximum absolute atomic E-state index is 12.7. The summed E-state index contributed by atoms with van der Waals surface area (Å²) in [6.07, 6.45) is 0.689. The fraction of sp³-hybridized carbons (Fsp3) is 0.333. The van der Waals surface area contributed by atoms with Crippen molar-refractivity contribution in [3.05, 3.63) is 53.6 Å². The van der Waals surface area contributed by atoms with Crippen molar-refractivity contribution >= 4 is 10.0 Å². The van der Waals surface area contributed by atoms with E-state index < -0.39 is 16.1 Å². The van der Waals surface area contributed by atoms with E-state index in [1.54, 1.807) is 39.3 Å². The van der Waals surface area contributed by atoms with Crippen LogP contribution in [0.5, 0.6) is 11.5 Å². The number of sulfonamides is 1. The van der Waals surface area contributed by atoms with Crippen LogP contribution in [0.4, 0.5) is 0 Å². The molecule has 2 rings (SSSR count). The molecule has 0 saturated heterocycles. The average Bonchev–Trinajstić information content (AvgIpc) is 2.60. The van der Waals surface area contributed by atoms with Crippen molar-refractivity contribution in [1.29, 1.82) is 0 Å². The summed E-state index contributed by atoms with van der Waals surface area (Å²) in [6.45, 7) is 3.75. The Labute approximate surface area is 143 Å². The van der Waals surface area contributed by atoms with Crippen LogP contribution in [0.15, 0.2) is 47.4 Å². The summed E-state index contributed by atoms with van der Waals surface area (Å²) < 4.78 is 38.6. The maximum Gasteiger partial charge on any atom is 0.241 e. The molecule has 0 unspecified atom stereocenters. The van der Waals surface area contributed by atoms with Gasteiger partial charge in [-0.1, -0.05) is 25.1 Å². The lowest BCUT2D eigenvalue weighted by Crippen LogP contribution is -2.27. The van der Waals surface area contributed by atoms with Gasteiger partial charge in [-0.2, -0.15) is 0 Å². The molecule has 0 bridgehead atoms. The summed E-state index contributed by atoms with van der Waals surface area (Å²) in [6, 6.07) is 11.8. The molecule has 0 spiro atoms. The van der Waals surface area contributed by atoms with Gasteiger partial charge in [0.15, 0.2) is 0 Å². The van der Waals surface area contributed by atoms with Gasteiger partial charge in [-0.3, -0.25) is 0 Å². The van der Waals surface area contributed by atoms with Gasteiger partial charge in [-0.15, -0.1) is 0 Å². The summed E-state index contributed by atoms with van der Waals surface area (Å²) in [5.41, 5.74) is 1.64. The number of rotatable bonds is 7. The molecule has 0 fully saturated rings. The van der Waals surface area contributed by atoms with Crippen molar-refractivity contribution in [2.45, 2.75) is 31.2 Å². The number of hydrogen-bond acceptors (Lipinski definition) is 4. The van der Waals surface area contributed by atoms with Crippen LogP contribution in [-0.4, -0.2) is 22.6 Å². The first-order valence-corrected chi connectivity index (χ1v) is 9.23. The molecule has 5 nitrogen and oxygen atoms in total. The molecule has 0 aliphatic carbocycles. The Morgan fingerprint density at radius 1 is 1.04 bits per heavy atom. The Morgan fingerprint density at radius 2 is 1.71 bits per heavy atom. The van der Waals surface area contributed by atoms with Crippen molar-refractivity contribution in [1.82, 2.24) is 4.72 Å². The van der Waals surface area contributed by atoms with Crippen LogP contribution >= 0.6 is 0 Å². The largest absolute Gasteiger partial charge is 0.496 e. The summed E-state index contributed by atoms with van der Waals surface area (Å²) >= 11 is 0. The summed E-state index contributed by atoms with van der Waals surface area (Å²) in [7, 11) is -0.511. The molecule has 0 aliphatic heterocycles. The molecule has 2 aromatic carbocycles. The summed E-state index contributed by atoms with van der Waals surface area (Å²) in [5.74, 6) is 1.34. The van der Waals surface area contributed by atoms with Gasteiger partial charge < -0.3 is 9.47 Å². The van der Waals surface area contributed by atoms with Gasteiger partial charge in [0, 0.05) is 11.6 Å². The van der Waals surface area contributed by atoms with E-state index in [-0.39, 0.29) is 4.90 Å². The minimum Gasteiger partial charge on any atom is -0.496 e. The Kier molecular flexibility index (Phi) is 5.85. The average molecular weight is 349 g/mol. The Bertz CT molecular complexity index is 802. The van der Waals surface area contributed by atoms with Crippen molar-refractivity contribution in [3.63, 3.8) is 0 Å². The summed E-state index contributed by atoms with van der Waals surface area (Å²) in [5, 5.41) is 0. The molecule has 6 heteroatoms. The zero-order valence-electron chi connectivity index (χ0n) is 14.4. The van der Waals surface area contributed by atoms with Crippen LogP contribution in [0, 0.1) is 0 Å². The number of benzene rings is 2. The first kappa shape index (κ1) is 18.3. The number of methoxy groups -OCH3 is 2. The lowest BCUT2D eigenvalue weighted by Gasteiger charge is -2.18. The second-order valence-electron chi connectivity index (χ2n) is 5.41. The van der Waals surface area contributed by atoms with Crippen LogP contribution in [-0.2, 0) is 16.4 Å². The predicted molar refractivity (Wildman–Crippen MR) is 94.1 cm³/mol. The Hall–Kier alpha value is -2.05. The molecule has 0 amide bonds. The van der Waals surface area contributed by atoms with E-state index in [1.807, 2.05) is 31.2 Å². The third kappa shape index (κ3) is 3.88. The zero-order chi connectivity index (χ0) is 17.7. The Balaban J connectivity index is 2.31. The number of nitrogens with one attached hydrogen (secondary N) is 1. The highest BCUT2D eigenvalue weighted by Gasteiger charge is 2.21. The second kappa shape index (κ2) is 7.68. The number of ether oxygens (including phenoxy) is 2. The zero-order valence-corrected chi connectivity index (χ0v) is 15.2. The maximum atomic E-state index is 12.7. The smallest absolute Gasteiger partial charge is 0.241 e. The minimum atomic E-state index is -3.65. The molecule has 0 saturated carbocycles. The third-order valence-electron chi connectivity index (χ3n) is 3.88. The van der Waals surface area contributed by atoms with Crippen LogP contribution in [0.1, 0.15) is 31.0 Å². The molecular weight excluding hydrogens is 326 g/mol. The highest BCUT2D eigenvalue weighted by molar-refractivity contribution is 7.89. The lowest BCUT2D eigenvalue weighted by atomic mass is 10.1. The van der Waals surface area contributed by atoms with E-state index in [4.69, 9.17) is 9.47 Å². The van der Waals surface area contributed by atoms with E-state index >= 15 is 0 Å². The quantitative estimate of drug-likeness (QED) is 0.833. The number of hydrogen-bond donors (Lipinski definition) is 1. The van der Waals surface area contributed by atoms with Crippen molar-refractivity contribution in [3.8, 4) is 11.5 Å². The van der Waals surface area contributed by atoms with Gasteiger partial charge in [0.05, 0.1) is 19.1 Å². The topological polar surface area (TPSA) is 64.6 Å². The van der Waals surface area contributed by atoms with Gasteiger partial charge >= 0.3 is 0 Å². The van der Waals surface area contributed by atoms with Crippen molar-refractivity contribution in [2.75, 3.05) is 14.2 Å². The van der Waals surface area contributed by atoms with Crippen molar-refractivity contribution < 1.29 is 17.9 Å². The highest BCUT2D eigenvalue weighted by atomic mass is 32.2. The molecule has 0 heterocycles. The van der Waals surface area contributed by atoms with Crippen LogP contribution < -0.4 is 14.2 Å². The van der Waals surface area contributed by atoms with E-state index in [0.717, 1.165) is 11.1 Å². The molecule has 1 atom stereocenters. The van der Waals surface area contributed by atoms with Crippen LogP contribution in [0.2, 0.25) is 0 Å². The first-order valence-electron chi connectivity index (χ1n) is 7.75. The van der Waals surface area contributed by atoms with E-state index in [0.29, 0.717) is 17.9 Å². The Morgan fingerprint density at radius 3 is 2.33 bits per heavy atom. The van der Waals surface area contributed by atoms with Gasteiger partial charge in [-0.05, 0) is 43.2 Å². The van der Waals surface area contributed by atoms with Gasteiger partial charge in [0.2, 0.25) is 10.0 Å². The highest BCUT2D eigenvalue weighted by Crippen LogP contribution is 2.27.